The number of pyridine rings is 1. The van der Waals surface area contributed by atoms with Crippen LogP contribution in [0.1, 0.15) is 37.5 Å². The van der Waals surface area contributed by atoms with E-state index < -0.39 is 0 Å². The van der Waals surface area contributed by atoms with Gasteiger partial charge in [-0.15, -0.1) is 11.3 Å². The lowest BCUT2D eigenvalue weighted by molar-refractivity contribution is 0.596. The largest absolute Gasteiger partial charge is 0.463 e. The quantitative estimate of drug-likeness (QED) is 0.257. The van der Waals surface area contributed by atoms with E-state index in [1.54, 1.807) is 0 Å². The first-order valence-corrected chi connectivity index (χ1v) is 12.5. The van der Waals surface area contributed by atoms with E-state index in [9.17, 15) is 0 Å². The van der Waals surface area contributed by atoms with Crippen molar-refractivity contribution in [2.75, 3.05) is 0 Å². The number of nitrogens with zero attached hydrogens (tertiary/aromatic N) is 1. The zero-order valence-electron chi connectivity index (χ0n) is 20.2. The molecular weight excluding hydrogens is 434 g/mol. The fourth-order valence-corrected chi connectivity index (χ4v) is 6.33. The van der Waals surface area contributed by atoms with Crippen molar-refractivity contribution >= 4 is 43.2 Å². The topological polar surface area (TPSA) is 26.0 Å². The second kappa shape index (κ2) is 7.54. The van der Waals surface area contributed by atoms with Crippen molar-refractivity contribution < 1.29 is 4.42 Å². The lowest BCUT2D eigenvalue weighted by atomic mass is 9.82. The molecule has 0 spiro atoms. The van der Waals surface area contributed by atoms with Gasteiger partial charge >= 0.3 is 0 Å². The van der Waals surface area contributed by atoms with Gasteiger partial charge in [-0.25, -0.2) is 0 Å². The Morgan fingerprint density at radius 3 is 2.50 bits per heavy atom. The van der Waals surface area contributed by atoms with E-state index in [-0.39, 0.29) is 5.41 Å². The lowest BCUT2D eigenvalue weighted by Gasteiger charge is -2.23. The SMILES string of the molecule is Cc1coc2c(-c3sc4ccnc(-c5cc(C(C)(C)C)c6ccccc6c5)c4c3C)cccc12. The summed E-state index contributed by atoms with van der Waals surface area (Å²) in [5.41, 5.74) is 8.16. The Hall–Kier alpha value is -3.43. The third kappa shape index (κ3) is 3.19. The molecule has 0 saturated carbocycles. The van der Waals surface area contributed by atoms with Crippen molar-refractivity contribution in [1.82, 2.24) is 4.98 Å². The van der Waals surface area contributed by atoms with Gasteiger partial charge in [0.15, 0.2) is 0 Å². The molecule has 0 atom stereocenters. The zero-order chi connectivity index (χ0) is 23.6. The summed E-state index contributed by atoms with van der Waals surface area (Å²) >= 11 is 1.82. The van der Waals surface area contributed by atoms with Crippen LogP contribution in [0.5, 0.6) is 0 Å². The van der Waals surface area contributed by atoms with E-state index in [2.05, 4.69) is 95.3 Å². The summed E-state index contributed by atoms with van der Waals surface area (Å²) < 4.78 is 7.25. The number of aromatic nitrogens is 1. The standard InChI is InChI=1S/C31H27NOS/c1-18-17-33-29-22(18)11-8-12-24(29)30-19(2)27-26(34-30)13-14-32-28(27)21-15-20-9-6-7-10-23(20)25(16-21)31(3,4)5/h6-17H,1-5H3. The normalized spacial score (nSPS) is 12.3. The molecule has 34 heavy (non-hydrogen) atoms. The number of aryl methyl sites for hydroxylation is 2. The number of hydrogen-bond donors (Lipinski definition) is 0. The number of hydrogen-bond acceptors (Lipinski definition) is 3. The Labute approximate surface area is 203 Å². The fourth-order valence-electron chi connectivity index (χ4n) is 5.10. The van der Waals surface area contributed by atoms with Crippen molar-refractivity contribution in [3.8, 4) is 21.7 Å². The Morgan fingerprint density at radius 2 is 1.68 bits per heavy atom. The number of para-hydroxylation sites is 1. The molecular formula is C31H27NOS. The van der Waals surface area contributed by atoms with E-state index in [0.29, 0.717) is 0 Å². The molecule has 6 rings (SSSR count). The number of benzene rings is 3. The molecule has 3 heterocycles. The van der Waals surface area contributed by atoms with Crippen molar-refractivity contribution in [1.29, 1.82) is 0 Å². The highest BCUT2D eigenvalue weighted by molar-refractivity contribution is 7.22. The van der Waals surface area contributed by atoms with Gasteiger partial charge in [-0.2, -0.15) is 0 Å². The molecule has 3 heteroatoms. The minimum atomic E-state index is 0.0329. The highest BCUT2D eigenvalue weighted by atomic mass is 32.1. The third-order valence-electron chi connectivity index (χ3n) is 6.82. The summed E-state index contributed by atoms with van der Waals surface area (Å²) in [6, 6.07) is 21.9. The van der Waals surface area contributed by atoms with Crippen LogP contribution >= 0.6 is 11.3 Å². The average Bonchev–Trinajstić information content (AvgIpc) is 3.37. The van der Waals surface area contributed by atoms with Crippen LogP contribution in [0.3, 0.4) is 0 Å². The summed E-state index contributed by atoms with van der Waals surface area (Å²) in [4.78, 5) is 6.18. The minimum Gasteiger partial charge on any atom is -0.463 e. The van der Waals surface area contributed by atoms with Crippen LogP contribution in [0, 0.1) is 13.8 Å². The molecule has 2 nitrogen and oxygen atoms in total. The maximum Gasteiger partial charge on any atom is 0.142 e. The molecule has 3 aromatic carbocycles. The maximum absolute atomic E-state index is 5.99. The van der Waals surface area contributed by atoms with E-state index in [1.165, 1.54) is 53.4 Å². The predicted molar refractivity (Wildman–Crippen MR) is 146 cm³/mol. The smallest absolute Gasteiger partial charge is 0.142 e. The van der Waals surface area contributed by atoms with Gasteiger partial charge in [0.1, 0.15) is 5.58 Å². The summed E-state index contributed by atoms with van der Waals surface area (Å²) in [5, 5.41) is 4.98. The predicted octanol–water partition coefficient (Wildman–Crippen LogP) is 9.44. The van der Waals surface area contributed by atoms with Crippen LogP contribution < -0.4 is 0 Å². The van der Waals surface area contributed by atoms with Crippen LogP contribution in [0.2, 0.25) is 0 Å². The van der Waals surface area contributed by atoms with E-state index in [0.717, 1.165) is 16.8 Å². The second-order valence-electron chi connectivity index (χ2n) is 10.2. The van der Waals surface area contributed by atoms with Gasteiger partial charge in [0.25, 0.3) is 0 Å². The molecule has 168 valence electrons. The lowest BCUT2D eigenvalue weighted by Crippen LogP contribution is -2.12. The highest BCUT2D eigenvalue weighted by Gasteiger charge is 2.22. The Morgan fingerprint density at radius 1 is 0.882 bits per heavy atom. The van der Waals surface area contributed by atoms with Crippen LogP contribution in [0.4, 0.5) is 0 Å². The van der Waals surface area contributed by atoms with Crippen LogP contribution in [-0.2, 0) is 5.41 Å². The molecule has 0 aliphatic rings. The Bertz CT molecular complexity index is 1710. The van der Waals surface area contributed by atoms with Crippen molar-refractivity contribution in [3.05, 3.63) is 89.8 Å². The fraction of sp³-hybridized carbons (Fsp3) is 0.194. The number of furan rings is 1. The van der Waals surface area contributed by atoms with E-state index in [1.807, 2.05) is 23.8 Å². The molecule has 3 aromatic heterocycles. The van der Waals surface area contributed by atoms with Crippen molar-refractivity contribution in [3.63, 3.8) is 0 Å². The third-order valence-corrected chi connectivity index (χ3v) is 8.11. The first-order valence-electron chi connectivity index (χ1n) is 11.7. The second-order valence-corrected chi connectivity index (χ2v) is 11.2. The van der Waals surface area contributed by atoms with Gasteiger partial charge in [0, 0.05) is 37.7 Å². The van der Waals surface area contributed by atoms with E-state index >= 15 is 0 Å². The first-order chi connectivity index (χ1) is 16.3. The van der Waals surface area contributed by atoms with Crippen LogP contribution in [0.25, 0.3) is 53.5 Å². The van der Waals surface area contributed by atoms with Crippen molar-refractivity contribution in [2.45, 2.75) is 40.0 Å². The summed E-state index contributed by atoms with van der Waals surface area (Å²) in [5.74, 6) is 0. The average molecular weight is 462 g/mol. The first kappa shape index (κ1) is 21.1. The maximum atomic E-state index is 5.99. The molecule has 0 N–H and O–H groups in total. The molecule has 0 aliphatic carbocycles. The monoisotopic (exact) mass is 461 g/mol. The highest BCUT2D eigenvalue weighted by Crippen LogP contribution is 2.45. The molecule has 0 radical (unpaired) electrons. The van der Waals surface area contributed by atoms with Gasteiger partial charge in [0.05, 0.1) is 12.0 Å². The Kier molecular flexibility index (Phi) is 4.69. The van der Waals surface area contributed by atoms with Gasteiger partial charge in [-0.1, -0.05) is 57.2 Å². The molecule has 0 aliphatic heterocycles. The van der Waals surface area contributed by atoms with Gasteiger partial charge in [0.2, 0.25) is 0 Å². The van der Waals surface area contributed by atoms with Gasteiger partial charge in [-0.3, -0.25) is 4.98 Å². The molecule has 0 unspecified atom stereocenters. The summed E-state index contributed by atoms with van der Waals surface area (Å²) in [6.07, 6.45) is 3.80. The van der Waals surface area contributed by atoms with Crippen molar-refractivity contribution in [2.24, 2.45) is 0 Å². The van der Waals surface area contributed by atoms with E-state index in [4.69, 9.17) is 9.40 Å². The molecule has 0 fully saturated rings. The summed E-state index contributed by atoms with van der Waals surface area (Å²) in [7, 11) is 0. The molecule has 0 saturated heterocycles. The van der Waals surface area contributed by atoms with Crippen LogP contribution in [-0.4, -0.2) is 4.98 Å². The van der Waals surface area contributed by atoms with Crippen LogP contribution in [0.15, 0.2) is 77.5 Å². The molecule has 0 amide bonds. The minimum absolute atomic E-state index is 0.0329. The number of rotatable bonds is 2. The number of thiophene rings is 1. The zero-order valence-corrected chi connectivity index (χ0v) is 21.0. The van der Waals surface area contributed by atoms with Gasteiger partial charge < -0.3 is 4.42 Å². The summed E-state index contributed by atoms with van der Waals surface area (Å²) in [6.45, 7) is 11.2. The molecule has 0 bridgehead atoms. The number of fused-ring (bicyclic) bond motifs is 3. The molecule has 6 aromatic rings. The van der Waals surface area contributed by atoms with Gasteiger partial charge in [-0.05, 0) is 71.0 Å². The Balaban J connectivity index is 1.63.